The van der Waals surface area contributed by atoms with E-state index < -0.39 is 0 Å². The zero-order valence-corrected chi connectivity index (χ0v) is 6.28. The third-order valence-electron chi connectivity index (χ3n) is 1.15. The monoisotopic (exact) mass is 176 g/mol. The van der Waals surface area contributed by atoms with E-state index in [4.69, 9.17) is 4.74 Å². The molecular weight excluding hydrogens is 168 g/mol. The van der Waals surface area contributed by atoms with Crippen molar-refractivity contribution in [2.75, 3.05) is 18.5 Å². The fraction of sp³-hybridized carbons (Fsp3) is 0.667. The maximum atomic E-state index is 5.17. The molecule has 2 heteroatoms. The molecule has 0 bridgehead atoms. The SMILES string of the molecule is BrCC1=CCCOC1. The average Bonchev–Trinajstić information content (AvgIpc) is 1.90. The Morgan fingerprint density at radius 3 is 3.00 bits per heavy atom. The van der Waals surface area contributed by atoms with E-state index in [0.29, 0.717) is 0 Å². The topological polar surface area (TPSA) is 9.23 Å². The summed E-state index contributed by atoms with van der Waals surface area (Å²) in [6.07, 6.45) is 3.32. The van der Waals surface area contributed by atoms with Crippen molar-refractivity contribution in [3.8, 4) is 0 Å². The first-order valence-electron chi connectivity index (χ1n) is 2.75. The van der Waals surface area contributed by atoms with Crippen LogP contribution in [0.1, 0.15) is 6.42 Å². The van der Waals surface area contributed by atoms with Crippen LogP contribution in [0.15, 0.2) is 11.6 Å². The molecule has 8 heavy (non-hydrogen) atoms. The van der Waals surface area contributed by atoms with Gasteiger partial charge < -0.3 is 4.74 Å². The number of halogens is 1. The van der Waals surface area contributed by atoms with Crippen LogP contribution in [0.3, 0.4) is 0 Å². The molecule has 0 radical (unpaired) electrons. The van der Waals surface area contributed by atoms with Crippen molar-refractivity contribution >= 4 is 15.9 Å². The third kappa shape index (κ3) is 1.60. The Morgan fingerprint density at radius 2 is 2.62 bits per heavy atom. The number of hydrogen-bond donors (Lipinski definition) is 0. The van der Waals surface area contributed by atoms with Gasteiger partial charge in [0.2, 0.25) is 0 Å². The van der Waals surface area contributed by atoms with E-state index >= 15 is 0 Å². The smallest absolute Gasteiger partial charge is 0.0685 e. The van der Waals surface area contributed by atoms with Gasteiger partial charge in [0.05, 0.1) is 13.2 Å². The van der Waals surface area contributed by atoms with E-state index in [9.17, 15) is 0 Å². The fourth-order valence-corrected chi connectivity index (χ4v) is 1.09. The summed E-state index contributed by atoms with van der Waals surface area (Å²) in [5, 5.41) is 0.965. The molecule has 46 valence electrons. The summed E-state index contributed by atoms with van der Waals surface area (Å²) >= 11 is 3.36. The summed E-state index contributed by atoms with van der Waals surface area (Å²) in [7, 11) is 0. The quantitative estimate of drug-likeness (QED) is 0.437. The van der Waals surface area contributed by atoms with Gasteiger partial charge in [0.1, 0.15) is 0 Å². The largest absolute Gasteiger partial charge is 0.377 e. The molecule has 0 aromatic carbocycles. The standard InChI is InChI=1S/C6H9BrO/c7-4-6-2-1-3-8-5-6/h2H,1,3-5H2. The molecule has 1 nitrogen and oxygen atoms in total. The highest BCUT2D eigenvalue weighted by Crippen LogP contribution is 2.07. The van der Waals surface area contributed by atoms with E-state index in [1.165, 1.54) is 5.57 Å². The van der Waals surface area contributed by atoms with Crippen molar-refractivity contribution in [1.82, 2.24) is 0 Å². The molecule has 0 saturated heterocycles. The average molecular weight is 177 g/mol. The predicted molar refractivity (Wildman–Crippen MR) is 37.3 cm³/mol. The van der Waals surface area contributed by atoms with Crippen molar-refractivity contribution in [3.63, 3.8) is 0 Å². The van der Waals surface area contributed by atoms with Crippen molar-refractivity contribution in [2.45, 2.75) is 6.42 Å². The van der Waals surface area contributed by atoms with Crippen molar-refractivity contribution in [2.24, 2.45) is 0 Å². The lowest BCUT2D eigenvalue weighted by Crippen LogP contribution is -2.06. The van der Waals surface area contributed by atoms with E-state index in [2.05, 4.69) is 22.0 Å². The first kappa shape index (κ1) is 6.30. The Hall–Kier alpha value is 0.180. The van der Waals surface area contributed by atoms with E-state index in [1.54, 1.807) is 0 Å². The Bertz CT molecular complexity index is 98.7. The normalized spacial score (nSPS) is 20.4. The molecule has 1 heterocycles. The molecule has 0 N–H and O–H groups in total. The molecule has 0 amide bonds. The van der Waals surface area contributed by atoms with Crippen LogP contribution in [-0.2, 0) is 4.74 Å². The zero-order chi connectivity index (χ0) is 5.82. The minimum absolute atomic E-state index is 0.825. The lowest BCUT2D eigenvalue weighted by Gasteiger charge is -2.09. The third-order valence-corrected chi connectivity index (χ3v) is 1.87. The summed E-state index contributed by atoms with van der Waals surface area (Å²) in [6, 6.07) is 0. The molecular formula is C6H9BrO. The highest BCUT2D eigenvalue weighted by Gasteiger charge is 1.99. The molecule has 0 atom stereocenters. The maximum Gasteiger partial charge on any atom is 0.0685 e. The zero-order valence-electron chi connectivity index (χ0n) is 4.69. The molecule has 0 fully saturated rings. The number of alkyl halides is 1. The van der Waals surface area contributed by atoms with Crippen LogP contribution in [0.5, 0.6) is 0 Å². The first-order chi connectivity index (χ1) is 3.93. The lowest BCUT2D eigenvalue weighted by molar-refractivity contribution is 0.151. The van der Waals surface area contributed by atoms with E-state index in [-0.39, 0.29) is 0 Å². The molecule has 0 unspecified atom stereocenters. The molecule has 0 aliphatic carbocycles. The van der Waals surface area contributed by atoms with Crippen LogP contribution < -0.4 is 0 Å². The van der Waals surface area contributed by atoms with Gasteiger partial charge in [0.15, 0.2) is 0 Å². The highest BCUT2D eigenvalue weighted by molar-refractivity contribution is 9.09. The highest BCUT2D eigenvalue weighted by atomic mass is 79.9. The molecule has 0 aromatic heterocycles. The van der Waals surface area contributed by atoms with Gasteiger partial charge in [-0.2, -0.15) is 0 Å². The summed E-state index contributed by atoms with van der Waals surface area (Å²) in [5.74, 6) is 0. The van der Waals surface area contributed by atoms with Crippen LogP contribution in [0.25, 0.3) is 0 Å². The van der Waals surface area contributed by atoms with Gasteiger partial charge in [-0.05, 0) is 12.0 Å². The van der Waals surface area contributed by atoms with Crippen LogP contribution in [0.2, 0.25) is 0 Å². The second-order valence-corrected chi connectivity index (χ2v) is 2.40. The van der Waals surface area contributed by atoms with E-state index in [0.717, 1.165) is 25.0 Å². The molecule has 0 spiro atoms. The van der Waals surface area contributed by atoms with Gasteiger partial charge in [-0.3, -0.25) is 0 Å². The number of hydrogen-bond acceptors (Lipinski definition) is 1. The lowest BCUT2D eigenvalue weighted by atomic mass is 10.2. The Morgan fingerprint density at radius 1 is 1.75 bits per heavy atom. The molecule has 0 saturated carbocycles. The summed E-state index contributed by atoms with van der Waals surface area (Å²) in [6.45, 7) is 1.72. The molecule has 1 aliphatic heterocycles. The van der Waals surface area contributed by atoms with Gasteiger partial charge in [-0.15, -0.1) is 0 Å². The van der Waals surface area contributed by atoms with Gasteiger partial charge in [-0.1, -0.05) is 22.0 Å². The Balaban J connectivity index is 2.37. The second-order valence-electron chi connectivity index (χ2n) is 1.84. The molecule has 0 aromatic rings. The summed E-state index contributed by atoms with van der Waals surface area (Å²) in [5.41, 5.74) is 1.37. The van der Waals surface area contributed by atoms with Crippen molar-refractivity contribution in [1.29, 1.82) is 0 Å². The van der Waals surface area contributed by atoms with Crippen LogP contribution in [0.4, 0.5) is 0 Å². The van der Waals surface area contributed by atoms with Gasteiger partial charge in [0.25, 0.3) is 0 Å². The minimum Gasteiger partial charge on any atom is -0.377 e. The predicted octanol–water partition coefficient (Wildman–Crippen LogP) is 1.73. The van der Waals surface area contributed by atoms with Crippen LogP contribution in [0, 0.1) is 0 Å². The minimum atomic E-state index is 0.825. The maximum absolute atomic E-state index is 5.17. The Labute approximate surface area is 57.8 Å². The second kappa shape index (κ2) is 3.25. The number of ether oxygens (including phenoxy) is 1. The van der Waals surface area contributed by atoms with Crippen LogP contribution in [-0.4, -0.2) is 18.5 Å². The van der Waals surface area contributed by atoms with Crippen LogP contribution >= 0.6 is 15.9 Å². The van der Waals surface area contributed by atoms with E-state index in [1.807, 2.05) is 0 Å². The Kier molecular flexibility index (Phi) is 2.56. The summed E-state index contributed by atoms with van der Waals surface area (Å²) < 4.78 is 5.17. The van der Waals surface area contributed by atoms with Gasteiger partial charge in [-0.25, -0.2) is 0 Å². The molecule has 1 rings (SSSR count). The van der Waals surface area contributed by atoms with Gasteiger partial charge >= 0.3 is 0 Å². The van der Waals surface area contributed by atoms with Crippen molar-refractivity contribution in [3.05, 3.63) is 11.6 Å². The first-order valence-corrected chi connectivity index (χ1v) is 3.87. The number of rotatable bonds is 1. The summed E-state index contributed by atoms with van der Waals surface area (Å²) in [4.78, 5) is 0. The fourth-order valence-electron chi connectivity index (χ4n) is 0.702. The van der Waals surface area contributed by atoms with Crippen molar-refractivity contribution < 1.29 is 4.74 Å². The molecule has 1 aliphatic rings. The van der Waals surface area contributed by atoms with Gasteiger partial charge in [0, 0.05) is 5.33 Å².